The molecule has 0 saturated heterocycles. The molecule has 0 aromatic rings. The Balaban J connectivity index is 4.10. The Morgan fingerprint density at radius 1 is 1.20 bits per heavy atom. The lowest BCUT2D eigenvalue weighted by molar-refractivity contribution is -0.141. The third-order valence-electron chi connectivity index (χ3n) is 1.71. The van der Waals surface area contributed by atoms with Crippen LogP contribution in [0.5, 0.6) is 0 Å². The number of carboxylic acids is 2. The average Bonchev–Trinajstić information content (AvgIpc) is 2.00. The van der Waals surface area contributed by atoms with Crippen LogP contribution in [-0.2, 0) is 9.59 Å². The van der Waals surface area contributed by atoms with E-state index in [4.69, 9.17) is 21.1 Å². The highest BCUT2D eigenvalue weighted by Gasteiger charge is 2.16. The third-order valence-corrected chi connectivity index (χ3v) is 1.71. The van der Waals surface area contributed by atoms with Crippen LogP contribution in [-0.4, -0.2) is 64.4 Å². The molecule has 0 spiro atoms. The van der Waals surface area contributed by atoms with Crippen molar-refractivity contribution in [3.05, 3.63) is 0 Å². The molecule has 0 aliphatic carbocycles. The fraction of sp³-hybridized carbons (Fsp3) is 0.750. The van der Waals surface area contributed by atoms with E-state index < -0.39 is 18.0 Å². The molecular formula is C8H16N2O5. The van der Waals surface area contributed by atoms with Gasteiger partial charge < -0.3 is 21.1 Å². The summed E-state index contributed by atoms with van der Waals surface area (Å²) in [5, 5.41) is 25.6. The van der Waals surface area contributed by atoms with Crippen LogP contribution in [0, 0.1) is 0 Å². The van der Waals surface area contributed by atoms with Crippen molar-refractivity contribution in [3.8, 4) is 0 Å². The summed E-state index contributed by atoms with van der Waals surface area (Å²) < 4.78 is 0. The molecule has 0 aromatic heterocycles. The molecule has 1 atom stereocenters. The number of hydrogen-bond donors (Lipinski definition) is 4. The summed E-state index contributed by atoms with van der Waals surface area (Å²) >= 11 is 0. The Bertz CT molecular complexity index is 205. The summed E-state index contributed by atoms with van der Waals surface area (Å²) in [4.78, 5) is 22.0. The van der Waals surface area contributed by atoms with Gasteiger partial charge >= 0.3 is 11.9 Å². The summed E-state index contributed by atoms with van der Waals surface area (Å²) in [5.41, 5.74) is 5.55. The number of aliphatic carboxylic acids is 2. The van der Waals surface area contributed by atoms with E-state index in [-0.39, 0.29) is 26.2 Å². The van der Waals surface area contributed by atoms with Crippen LogP contribution in [0.1, 0.15) is 6.42 Å². The number of aliphatic hydroxyl groups is 1. The maximum Gasteiger partial charge on any atom is 0.317 e. The number of aliphatic hydroxyl groups excluding tert-OH is 1. The lowest BCUT2D eigenvalue weighted by Gasteiger charge is -2.21. The van der Waals surface area contributed by atoms with Gasteiger partial charge in [0.05, 0.1) is 13.1 Å². The molecular weight excluding hydrogens is 204 g/mol. The van der Waals surface area contributed by atoms with Gasteiger partial charge in [-0.25, -0.2) is 0 Å². The zero-order valence-corrected chi connectivity index (χ0v) is 8.30. The third kappa shape index (κ3) is 7.86. The van der Waals surface area contributed by atoms with Crippen molar-refractivity contribution in [3.63, 3.8) is 0 Å². The van der Waals surface area contributed by atoms with Crippen LogP contribution in [0.4, 0.5) is 0 Å². The van der Waals surface area contributed by atoms with Crippen molar-refractivity contribution in [2.75, 3.05) is 26.2 Å². The smallest absolute Gasteiger partial charge is 0.317 e. The van der Waals surface area contributed by atoms with E-state index in [0.29, 0.717) is 6.42 Å². The van der Waals surface area contributed by atoms with Crippen LogP contribution >= 0.6 is 0 Å². The Morgan fingerprint density at radius 3 is 2.00 bits per heavy atom. The predicted octanol–water partition coefficient (Wildman–Crippen LogP) is -1.83. The predicted molar refractivity (Wildman–Crippen MR) is 51.4 cm³/mol. The van der Waals surface area contributed by atoms with E-state index in [1.54, 1.807) is 0 Å². The molecule has 0 rings (SSSR count). The molecule has 0 amide bonds. The first-order valence-electron chi connectivity index (χ1n) is 4.48. The van der Waals surface area contributed by atoms with Crippen molar-refractivity contribution >= 4 is 11.9 Å². The average molecular weight is 220 g/mol. The molecule has 1 unspecified atom stereocenters. The summed E-state index contributed by atoms with van der Waals surface area (Å²) in [7, 11) is 0. The molecule has 15 heavy (non-hydrogen) atoms. The van der Waals surface area contributed by atoms with E-state index in [9.17, 15) is 9.59 Å². The van der Waals surface area contributed by atoms with E-state index in [1.165, 1.54) is 4.90 Å². The largest absolute Gasteiger partial charge is 0.480 e. The Labute approximate surface area is 87.1 Å². The number of hydrogen-bond acceptors (Lipinski definition) is 5. The number of nitrogens with two attached hydrogens (primary N) is 1. The molecule has 0 heterocycles. The maximum absolute atomic E-state index is 10.4. The van der Waals surface area contributed by atoms with Crippen molar-refractivity contribution in [2.45, 2.75) is 12.5 Å². The topological polar surface area (TPSA) is 124 Å². The number of rotatable bonds is 8. The highest BCUT2D eigenvalue weighted by molar-refractivity contribution is 5.72. The van der Waals surface area contributed by atoms with Gasteiger partial charge in [0.2, 0.25) is 0 Å². The van der Waals surface area contributed by atoms with Crippen LogP contribution in [0.2, 0.25) is 0 Å². The minimum atomic E-state index is -1.10. The Hall–Kier alpha value is -1.18. The second kappa shape index (κ2) is 7.16. The molecule has 0 fully saturated rings. The highest BCUT2D eigenvalue weighted by atomic mass is 16.4. The molecule has 0 aliphatic rings. The van der Waals surface area contributed by atoms with Gasteiger partial charge in [-0.1, -0.05) is 0 Å². The van der Waals surface area contributed by atoms with Gasteiger partial charge in [0.15, 0.2) is 0 Å². The summed E-state index contributed by atoms with van der Waals surface area (Å²) in [6.45, 7) is -0.703. The standard InChI is InChI=1S/C8H16N2O5/c9-6(1-2-11)3-10(4-7(12)13)5-8(14)15/h6,11H,1-5,9H2,(H,12,13)(H,14,15). The maximum atomic E-state index is 10.4. The normalized spacial score (nSPS) is 12.7. The fourth-order valence-corrected chi connectivity index (χ4v) is 1.16. The SMILES string of the molecule is NC(CCO)CN(CC(=O)O)CC(=O)O. The Morgan fingerprint density at radius 2 is 1.67 bits per heavy atom. The quantitative estimate of drug-likeness (QED) is 0.379. The summed E-state index contributed by atoms with van der Waals surface area (Å²) in [5.74, 6) is -2.21. The Kier molecular flexibility index (Phi) is 6.59. The van der Waals surface area contributed by atoms with Crippen molar-refractivity contribution in [1.82, 2.24) is 4.90 Å². The van der Waals surface area contributed by atoms with Crippen molar-refractivity contribution in [2.24, 2.45) is 5.73 Å². The van der Waals surface area contributed by atoms with E-state index >= 15 is 0 Å². The molecule has 7 heteroatoms. The lowest BCUT2D eigenvalue weighted by atomic mass is 10.2. The lowest BCUT2D eigenvalue weighted by Crippen LogP contribution is -2.43. The first-order chi connectivity index (χ1) is 6.95. The number of carbonyl (C=O) groups is 2. The van der Waals surface area contributed by atoms with E-state index in [0.717, 1.165) is 0 Å². The van der Waals surface area contributed by atoms with Gasteiger partial charge in [-0.15, -0.1) is 0 Å². The second-order valence-corrected chi connectivity index (χ2v) is 3.23. The monoisotopic (exact) mass is 220 g/mol. The first-order valence-corrected chi connectivity index (χ1v) is 4.48. The van der Waals surface area contributed by atoms with Gasteiger partial charge in [0, 0.05) is 19.2 Å². The molecule has 5 N–H and O–H groups in total. The van der Waals surface area contributed by atoms with E-state index in [1.807, 2.05) is 0 Å². The molecule has 0 aromatic carbocycles. The molecule has 0 bridgehead atoms. The highest BCUT2D eigenvalue weighted by Crippen LogP contribution is 1.94. The zero-order valence-electron chi connectivity index (χ0n) is 8.30. The van der Waals surface area contributed by atoms with Crippen molar-refractivity contribution in [1.29, 1.82) is 0 Å². The van der Waals surface area contributed by atoms with E-state index in [2.05, 4.69) is 0 Å². The van der Waals surface area contributed by atoms with Crippen LogP contribution in [0.25, 0.3) is 0 Å². The van der Waals surface area contributed by atoms with Gasteiger partial charge in [0.1, 0.15) is 0 Å². The summed E-state index contributed by atoms with van der Waals surface area (Å²) in [6, 6.07) is -0.423. The first kappa shape index (κ1) is 13.8. The van der Waals surface area contributed by atoms with Gasteiger partial charge in [-0.05, 0) is 6.42 Å². The van der Waals surface area contributed by atoms with Gasteiger partial charge in [-0.2, -0.15) is 0 Å². The summed E-state index contributed by atoms with van der Waals surface area (Å²) in [6.07, 6.45) is 0.315. The minimum absolute atomic E-state index is 0.102. The minimum Gasteiger partial charge on any atom is -0.480 e. The van der Waals surface area contributed by atoms with Gasteiger partial charge in [0.25, 0.3) is 0 Å². The second-order valence-electron chi connectivity index (χ2n) is 3.23. The number of carboxylic acid groups (broad SMARTS) is 2. The van der Waals surface area contributed by atoms with Gasteiger partial charge in [-0.3, -0.25) is 14.5 Å². The molecule has 88 valence electrons. The molecule has 0 aliphatic heterocycles. The molecule has 7 nitrogen and oxygen atoms in total. The van der Waals surface area contributed by atoms with Crippen LogP contribution in [0.3, 0.4) is 0 Å². The van der Waals surface area contributed by atoms with Crippen LogP contribution in [0.15, 0.2) is 0 Å². The number of nitrogens with zero attached hydrogens (tertiary/aromatic N) is 1. The molecule has 0 radical (unpaired) electrons. The molecule has 0 saturated carbocycles. The van der Waals surface area contributed by atoms with Crippen LogP contribution < -0.4 is 5.73 Å². The zero-order chi connectivity index (χ0) is 11.8. The fourth-order valence-electron chi connectivity index (χ4n) is 1.16. The van der Waals surface area contributed by atoms with Crippen molar-refractivity contribution < 1.29 is 24.9 Å².